The summed E-state index contributed by atoms with van der Waals surface area (Å²) in [4.78, 5) is 22.0. The van der Waals surface area contributed by atoms with Crippen molar-refractivity contribution in [1.29, 1.82) is 0 Å². The second-order valence-corrected chi connectivity index (χ2v) is 8.27. The molecule has 0 bridgehead atoms. The van der Waals surface area contributed by atoms with Crippen molar-refractivity contribution in [3.8, 4) is 22.5 Å². The number of hydrogen-bond acceptors (Lipinski definition) is 4. The van der Waals surface area contributed by atoms with E-state index in [2.05, 4.69) is 15.3 Å². The molecule has 3 aromatic rings. The summed E-state index contributed by atoms with van der Waals surface area (Å²) < 4.78 is 0. The van der Waals surface area contributed by atoms with Gasteiger partial charge in [0.25, 0.3) is 5.91 Å². The number of hydrogen-bond donors (Lipinski definition) is 2. The van der Waals surface area contributed by atoms with Crippen molar-refractivity contribution < 1.29 is 9.90 Å². The molecule has 2 aromatic carbocycles. The van der Waals surface area contributed by atoms with Crippen LogP contribution in [0, 0.1) is 0 Å². The summed E-state index contributed by atoms with van der Waals surface area (Å²) in [7, 11) is 0. The van der Waals surface area contributed by atoms with E-state index in [0.717, 1.165) is 30.4 Å². The lowest BCUT2D eigenvalue weighted by Gasteiger charge is -2.28. The van der Waals surface area contributed by atoms with Gasteiger partial charge in [0.05, 0.1) is 29.7 Å². The van der Waals surface area contributed by atoms with Crippen LogP contribution in [0.5, 0.6) is 0 Å². The SMILES string of the molecule is O=C(N[C@H]1CCCC[C@@H]1O)c1cnc(-c2ccc(Cl)cc2)c(-c2ccc(Cl)cc2)n1. The van der Waals surface area contributed by atoms with Crippen molar-refractivity contribution in [1.82, 2.24) is 15.3 Å². The van der Waals surface area contributed by atoms with Crippen molar-refractivity contribution in [3.05, 3.63) is 70.5 Å². The molecule has 0 saturated heterocycles. The summed E-state index contributed by atoms with van der Waals surface area (Å²) in [6.45, 7) is 0. The summed E-state index contributed by atoms with van der Waals surface area (Å²) in [6, 6.07) is 14.3. The van der Waals surface area contributed by atoms with E-state index in [-0.39, 0.29) is 17.6 Å². The number of carbonyl (C=O) groups is 1. The molecule has 154 valence electrons. The van der Waals surface area contributed by atoms with Gasteiger partial charge in [-0.05, 0) is 37.1 Å². The van der Waals surface area contributed by atoms with Crippen molar-refractivity contribution in [2.24, 2.45) is 0 Å². The fraction of sp³-hybridized carbons (Fsp3) is 0.261. The molecule has 4 rings (SSSR count). The van der Waals surface area contributed by atoms with Gasteiger partial charge in [-0.25, -0.2) is 4.98 Å². The van der Waals surface area contributed by atoms with Gasteiger partial charge in [0, 0.05) is 21.2 Å². The largest absolute Gasteiger partial charge is 0.391 e. The van der Waals surface area contributed by atoms with E-state index >= 15 is 0 Å². The molecule has 30 heavy (non-hydrogen) atoms. The molecule has 1 aliphatic carbocycles. The lowest BCUT2D eigenvalue weighted by molar-refractivity contribution is 0.0713. The second kappa shape index (κ2) is 9.13. The number of halogens is 2. The molecule has 1 saturated carbocycles. The maximum atomic E-state index is 12.8. The van der Waals surface area contributed by atoms with E-state index in [1.165, 1.54) is 6.20 Å². The first kappa shape index (κ1) is 20.8. The summed E-state index contributed by atoms with van der Waals surface area (Å²) in [5.74, 6) is -0.341. The second-order valence-electron chi connectivity index (χ2n) is 7.40. The zero-order chi connectivity index (χ0) is 21.1. The van der Waals surface area contributed by atoms with Crippen LogP contribution in [0.25, 0.3) is 22.5 Å². The topological polar surface area (TPSA) is 75.1 Å². The zero-order valence-electron chi connectivity index (χ0n) is 16.2. The quantitative estimate of drug-likeness (QED) is 0.586. The van der Waals surface area contributed by atoms with Crippen LogP contribution in [-0.4, -0.2) is 33.1 Å². The van der Waals surface area contributed by atoms with Gasteiger partial charge in [0.2, 0.25) is 0 Å². The predicted octanol–water partition coefficient (Wildman–Crippen LogP) is 5.15. The predicted molar refractivity (Wildman–Crippen MR) is 119 cm³/mol. The van der Waals surface area contributed by atoms with Crippen molar-refractivity contribution in [2.45, 2.75) is 37.8 Å². The van der Waals surface area contributed by atoms with Crippen molar-refractivity contribution in [2.75, 3.05) is 0 Å². The summed E-state index contributed by atoms with van der Waals surface area (Å²) >= 11 is 12.1. The molecule has 1 aliphatic rings. The lowest BCUT2D eigenvalue weighted by atomic mass is 9.92. The van der Waals surface area contributed by atoms with E-state index in [0.29, 0.717) is 27.9 Å². The Morgan fingerprint density at radius 2 is 1.47 bits per heavy atom. The fourth-order valence-electron chi connectivity index (χ4n) is 3.65. The van der Waals surface area contributed by atoms with E-state index in [1.807, 2.05) is 24.3 Å². The molecule has 1 heterocycles. The molecule has 1 fully saturated rings. The van der Waals surface area contributed by atoms with E-state index in [4.69, 9.17) is 23.2 Å². The van der Waals surface area contributed by atoms with Crippen LogP contribution in [0.3, 0.4) is 0 Å². The number of benzene rings is 2. The van der Waals surface area contributed by atoms with Crippen molar-refractivity contribution in [3.63, 3.8) is 0 Å². The lowest BCUT2D eigenvalue weighted by Crippen LogP contribution is -2.45. The third-order valence-corrected chi connectivity index (χ3v) is 5.79. The normalized spacial score (nSPS) is 18.8. The summed E-state index contributed by atoms with van der Waals surface area (Å²) in [5.41, 5.74) is 3.06. The Bertz CT molecular complexity index is 1040. The Morgan fingerprint density at radius 3 is 2.07 bits per heavy atom. The third kappa shape index (κ3) is 4.64. The van der Waals surface area contributed by atoms with Gasteiger partial charge in [-0.15, -0.1) is 0 Å². The van der Waals surface area contributed by atoms with Gasteiger partial charge >= 0.3 is 0 Å². The smallest absolute Gasteiger partial charge is 0.271 e. The highest BCUT2D eigenvalue weighted by molar-refractivity contribution is 6.31. The average molecular weight is 442 g/mol. The maximum absolute atomic E-state index is 12.8. The number of carbonyl (C=O) groups excluding carboxylic acids is 1. The van der Waals surface area contributed by atoms with Gasteiger partial charge in [-0.2, -0.15) is 0 Å². The van der Waals surface area contributed by atoms with Crippen LogP contribution in [0.15, 0.2) is 54.7 Å². The highest BCUT2D eigenvalue weighted by Crippen LogP contribution is 2.30. The van der Waals surface area contributed by atoms with Gasteiger partial charge in [0.1, 0.15) is 5.69 Å². The molecule has 2 N–H and O–H groups in total. The van der Waals surface area contributed by atoms with Crippen LogP contribution in [0.2, 0.25) is 10.0 Å². The number of nitrogens with zero attached hydrogens (tertiary/aromatic N) is 2. The molecule has 2 atom stereocenters. The zero-order valence-corrected chi connectivity index (χ0v) is 17.7. The van der Waals surface area contributed by atoms with Crippen LogP contribution in [0.1, 0.15) is 36.2 Å². The number of nitrogens with one attached hydrogen (secondary N) is 1. The van der Waals surface area contributed by atoms with Crippen molar-refractivity contribution >= 4 is 29.1 Å². The minimum Gasteiger partial charge on any atom is -0.391 e. The minimum atomic E-state index is -0.528. The number of aliphatic hydroxyl groups is 1. The van der Waals surface area contributed by atoms with Crippen LogP contribution in [-0.2, 0) is 0 Å². The van der Waals surface area contributed by atoms with E-state index in [1.54, 1.807) is 24.3 Å². The first-order valence-electron chi connectivity index (χ1n) is 9.89. The highest BCUT2D eigenvalue weighted by Gasteiger charge is 2.26. The Morgan fingerprint density at radius 1 is 0.900 bits per heavy atom. The van der Waals surface area contributed by atoms with Crippen LogP contribution in [0.4, 0.5) is 0 Å². The molecule has 1 aromatic heterocycles. The Hall–Kier alpha value is -2.47. The maximum Gasteiger partial charge on any atom is 0.271 e. The summed E-state index contributed by atoms with van der Waals surface area (Å²) in [6.07, 6.45) is 4.35. The number of aromatic nitrogens is 2. The molecule has 0 aliphatic heterocycles. The highest BCUT2D eigenvalue weighted by atomic mass is 35.5. The number of aliphatic hydroxyl groups excluding tert-OH is 1. The molecule has 1 amide bonds. The van der Waals surface area contributed by atoms with Crippen LogP contribution >= 0.6 is 23.2 Å². The Kier molecular flexibility index (Phi) is 6.32. The molecular weight excluding hydrogens is 421 g/mol. The number of rotatable bonds is 4. The van der Waals surface area contributed by atoms with Gasteiger partial charge < -0.3 is 10.4 Å². The molecule has 0 spiro atoms. The first-order chi connectivity index (χ1) is 14.5. The first-order valence-corrected chi connectivity index (χ1v) is 10.6. The van der Waals surface area contributed by atoms with E-state index < -0.39 is 6.10 Å². The third-order valence-electron chi connectivity index (χ3n) is 5.29. The molecule has 0 radical (unpaired) electrons. The van der Waals surface area contributed by atoms with E-state index in [9.17, 15) is 9.90 Å². The van der Waals surface area contributed by atoms with Crippen LogP contribution < -0.4 is 5.32 Å². The molecule has 0 unspecified atom stereocenters. The monoisotopic (exact) mass is 441 g/mol. The molecule has 7 heteroatoms. The van der Waals surface area contributed by atoms with Gasteiger partial charge in [0.15, 0.2) is 0 Å². The molecule has 5 nitrogen and oxygen atoms in total. The molecular formula is C23H21Cl2N3O2. The average Bonchev–Trinajstić information content (AvgIpc) is 2.76. The Labute approximate surface area is 185 Å². The summed E-state index contributed by atoms with van der Waals surface area (Å²) in [5, 5.41) is 14.3. The van der Waals surface area contributed by atoms with Gasteiger partial charge in [-0.1, -0.05) is 60.3 Å². The fourth-order valence-corrected chi connectivity index (χ4v) is 3.90. The minimum absolute atomic E-state index is 0.204. The number of amides is 1. The van der Waals surface area contributed by atoms with Gasteiger partial charge in [-0.3, -0.25) is 9.78 Å². The standard InChI is InChI=1S/C23H21Cl2N3O2/c24-16-9-5-14(6-10-16)21-22(15-7-11-17(25)12-8-15)27-19(13-26-21)23(30)28-18-3-1-2-4-20(18)29/h5-13,18,20,29H,1-4H2,(H,28,30)/t18-,20-/m0/s1. The Balaban J connectivity index is 1.71.